The van der Waals surface area contributed by atoms with Crippen LogP contribution in [0.2, 0.25) is 0 Å². The highest BCUT2D eigenvalue weighted by Gasteiger charge is 2.18. The van der Waals surface area contributed by atoms with Gasteiger partial charge in [0, 0.05) is 19.0 Å². The summed E-state index contributed by atoms with van der Waals surface area (Å²) >= 11 is 0. The maximum absolute atomic E-state index is 12.1. The molecule has 0 saturated heterocycles. The van der Waals surface area contributed by atoms with Crippen molar-refractivity contribution in [3.8, 4) is 5.75 Å². The van der Waals surface area contributed by atoms with Crippen molar-refractivity contribution in [2.75, 3.05) is 27.3 Å². The van der Waals surface area contributed by atoms with Crippen LogP contribution in [0, 0.1) is 0 Å². The first kappa shape index (κ1) is 12.4. The highest BCUT2D eigenvalue weighted by molar-refractivity contribution is 5.96. The third-order valence-electron chi connectivity index (χ3n) is 2.88. The van der Waals surface area contributed by atoms with E-state index in [0.717, 1.165) is 17.7 Å². The van der Waals surface area contributed by atoms with Crippen LogP contribution >= 0.6 is 0 Å². The Balaban J connectivity index is 2.11. The van der Waals surface area contributed by atoms with E-state index in [2.05, 4.69) is 4.74 Å². The zero-order valence-corrected chi connectivity index (χ0v) is 10.4. The molecular formula is C13H15NO4. The van der Waals surface area contributed by atoms with E-state index in [1.54, 1.807) is 19.2 Å². The molecule has 0 saturated carbocycles. The number of nitrogens with zero attached hydrogens (tertiary/aromatic N) is 1. The van der Waals surface area contributed by atoms with E-state index in [1.807, 2.05) is 6.07 Å². The topological polar surface area (TPSA) is 55.8 Å². The maximum atomic E-state index is 12.1. The van der Waals surface area contributed by atoms with Crippen molar-refractivity contribution in [1.29, 1.82) is 0 Å². The largest absolute Gasteiger partial charge is 0.493 e. The van der Waals surface area contributed by atoms with Gasteiger partial charge in [-0.05, 0) is 23.8 Å². The van der Waals surface area contributed by atoms with Crippen LogP contribution in [0.25, 0.3) is 0 Å². The highest BCUT2D eigenvalue weighted by atomic mass is 16.5. The molecule has 0 N–H and O–H groups in total. The van der Waals surface area contributed by atoms with Gasteiger partial charge in [0.05, 0.1) is 13.7 Å². The molecule has 0 aliphatic carbocycles. The molecule has 0 bridgehead atoms. The Morgan fingerprint density at radius 2 is 2.22 bits per heavy atom. The van der Waals surface area contributed by atoms with Gasteiger partial charge >= 0.3 is 5.97 Å². The summed E-state index contributed by atoms with van der Waals surface area (Å²) in [5.41, 5.74) is 1.60. The first-order valence-corrected chi connectivity index (χ1v) is 5.70. The number of esters is 1. The summed E-state index contributed by atoms with van der Waals surface area (Å²) in [5, 5.41) is 0. The van der Waals surface area contributed by atoms with E-state index in [0.29, 0.717) is 12.2 Å². The van der Waals surface area contributed by atoms with Gasteiger partial charge in [0.25, 0.3) is 5.91 Å². The van der Waals surface area contributed by atoms with Gasteiger partial charge in [-0.25, -0.2) is 0 Å². The molecule has 1 aromatic rings. The number of benzene rings is 1. The predicted octanol–water partition coefficient (Wildman–Crippen LogP) is 0.866. The Morgan fingerprint density at radius 3 is 2.94 bits per heavy atom. The van der Waals surface area contributed by atoms with Gasteiger partial charge < -0.3 is 14.4 Å². The lowest BCUT2D eigenvalue weighted by Gasteiger charge is -2.15. The normalized spacial score (nSPS) is 12.6. The number of carbonyl (C=O) groups is 2. The van der Waals surface area contributed by atoms with Gasteiger partial charge in [-0.2, -0.15) is 0 Å². The summed E-state index contributed by atoms with van der Waals surface area (Å²) in [6.07, 6.45) is 0.817. The minimum atomic E-state index is -0.435. The molecule has 1 heterocycles. The Hall–Kier alpha value is -2.04. The van der Waals surface area contributed by atoms with Crippen molar-refractivity contribution in [3.05, 3.63) is 29.3 Å². The first-order valence-electron chi connectivity index (χ1n) is 5.70. The van der Waals surface area contributed by atoms with E-state index >= 15 is 0 Å². The van der Waals surface area contributed by atoms with E-state index in [4.69, 9.17) is 4.74 Å². The summed E-state index contributed by atoms with van der Waals surface area (Å²) in [7, 11) is 2.87. The molecule has 0 spiro atoms. The molecule has 2 rings (SSSR count). The Morgan fingerprint density at radius 1 is 1.44 bits per heavy atom. The van der Waals surface area contributed by atoms with E-state index in [-0.39, 0.29) is 12.5 Å². The highest BCUT2D eigenvalue weighted by Crippen LogP contribution is 2.26. The Labute approximate surface area is 105 Å². The summed E-state index contributed by atoms with van der Waals surface area (Å²) in [6, 6.07) is 5.32. The summed E-state index contributed by atoms with van der Waals surface area (Å²) in [6.45, 7) is 0.605. The molecule has 1 aliphatic rings. The predicted molar refractivity (Wildman–Crippen MR) is 64.6 cm³/mol. The molecule has 5 heteroatoms. The van der Waals surface area contributed by atoms with Gasteiger partial charge in [0.1, 0.15) is 12.3 Å². The number of ether oxygens (including phenoxy) is 2. The molecule has 0 radical (unpaired) electrons. The SMILES string of the molecule is COC(=O)CN(C)C(=O)c1ccc2c(c1)CCO2. The quantitative estimate of drug-likeness (QED) is 0.746. The lowest BCUT2D eigenvalue weighted by molar-refractivity contribution is -0.141. The standard InChI is InChI=1S/C13H15NO4/c1-14(8-12(15)17-2)13(16)10-3-4-11-9(7-10)5-6-18-11/h3-4,7H,5-6,8H2,1-2H3. The van der Waals surface area contributed by atoms with Gasteiger partial charge in [-0.15, -0.1) is 0 Å². The van der Waals surface area contributed by atoms with Crippen LogP contribution in [-0.2, 0) is 16.0 Å². The number of likely N-dealkylation sites (N-methyl/N-ethyl adjacent to an activating group) is 1. The molecular weight excluding hydrogens is 234 g/mol. The first-order chi connectivity index (χ1) is 8.61. The fourth-order valence-electron chi connectivity index (χ4n) is 1.87. The van der Waals surface area contributed by atoms with Crippen LogP contribution in [-0.4, -0.2) is 44.1 Å². The monoisotopic (exact) mass is 249 g/mol. The van der Waals surface area contributed by atoms with E-state index < -0.39 is 5.97 Å². The van der Waals surface area contributed by atoms with Crippen LogP contribution < -0.4 is 4.74 Å². The van der Waals surface area contributed by atoms with Crippen LogP contribution in [0.1, 0.15) is 15.9 Å². The van der Waals surface area contributed by atoms with Gasteiger partial charge in [-0.1, -0.05) is 0 Å². The molecule has 5 nitrogen and oxygen atoms in total. The summed E-state index contributed by atoms with van der Waals surface area (Å²) in [5.74, 6) is 0.201. The minimum Gasteiger partial charge on any atom is -0.493 e. The van der Waals surface area contributed by atoms with Crippen molar-refractivity contribution in [2.45, 2.75) is 6.42 Å². The zero-order valence-electron chi connectivity index (χ0n) is 10.4. The second-order valence-corrected chi connectivity index (χ2v) is 4.16. The number of hydrogen-bond acceptors (Lipinski definition) is 4. The zero-order chi connectivity index (χ0) is 13.1. The lowest BCUT2D eigenvalue weighted by atomic mass is 10.1. The molecule has 1 aliphatic heterocycles. The second kappa shape index (κ2) is 5.08. The number of rotatable bonds is 3. The third kappa shape index (κ3) is 2.45. The average molecular weight is 249 g/mol. The molecule has 18 heavy (non-hydrogen) atoms. The molecule has 1 aromatic carbocycles. The fourth-order valence-corrected chi connectivity index (χ4v) is 1.87. The summed E-state index contributed by atoms with van der Waals surface area (Å²) in [4.78, 5) is 24.5. The van der Waals surface area contributed by atoms with Gasteiger partial charge in [-0.3, -0.25) is 9.59 Å². The van der Waals surface area contributed by atoms with Crippen LogP contribution in [0.15, 0.2) is 18.2 Å². The van der Waals surface area contributed by atoms with Gasteiger partial charge in [0.15, 0.2) is 0 Å². The van der Waals surface area contributed by atoms with Crippen LogP contribution in [0.3, 0.4) is 0 Å². The molecule has 96 valence electrons. The van der Waals surface area contributed by atoms with Gasteiger partial charge in [0.2, 0.25) is 0 Å². The Bertz CT molecular complexity index is 484. The van der Waals surface area contributed by atoms with Crippen molar-refractivity contribution < 1.29 is 19.1 Å². The average Bonchev–Trinajstić information content (AvgIpc) is 2.84. The molecule has 0 atom stereocenters. The third-order valence-corrected chi connectivity index (χ3v) is 2.88. The van der Waals surface area contributed by atoms with Crippen molar-refractivity contribution >= 4 is 11.9 Å². The van der Waals surface area contributed by atoms with Crippen LogP contribution in [0.5, 0.6) is 5.75 Å². The van der Waals surface area contributed by atoms with E-state index in [1.165, 1.54) is 12.0 Å². The van der Waals surface area contributed by atoms with Crippen molar-refractivity contribution in [2.24, 2.45) is 0 Å². The number of methoxy groups -OCH3 is 1. The molecule has 0 aromatic heterocycles. The van der Waals surface area contributed by atoms with Crippen molar-refractivity contribution in [1.82, 2.24) is 4.90 Å². The lowest BCUT2D eigenvalue weighted by Crippen LogP contribution is -2.32. The number of carbonyl (C=O) groups excluding carboxylic acids is 2. The molecule has 1 amide bonds. The van der Waals surface area contributed by atoms with E-state index in [9.17, 15) is 9.59 Å². The number of amides is 1. The molecule has 0 unspecified atom stereocenters. The second-order valence-electron chi connectivity index (χ2n) is 4.16. The Kier molecular flexibility index (Phi) is 3.50. The maximum Gasteiger partial charge on any atom is 0.325 e. The van der Waals surface area contributed by atoms with Crippen molar-refractivity contribution in [3.63, 3.8) is 0 Å². The number of hydrogen-bond donors (Lipinski definition) is 0. The minimum absolute atomic E-state index is 0.0527. The number of fused-ring (bicyclic) bond motifs is 1. The fraction of sp³-hybridized carbons (Fsp3) is 0.385. The van der Waals surface area contributed by atoms with Crippen LogP contribution in [0.4, 0.5) is 0 Å². The molecule has 0 fully saturated rings. The summed E-state index contributed by atoms with van der Waals surface area (Å²) < 4.78 is 9.90. The smallest absolute Gasteiger partial charge is 0.325 e.